The predicted molar refractivity (Wildman–Crippen MR) is 56.8 cm³/mol. The third-order valence-electron chi connectivity index (χ3n) is 1.73. The molecule has 0 radical (unpaired) electrons. The van der Waals surface area contributed by atoms with E-state index in [1.54, 1.807) is 4.72 Å². The molecule has 0 aliphatic rings. The minimum absolute atomic E-state index is 0.165. The van der Waals surface area contributed by atoms with Crippen LogP contribution in [0.25, 0.3) is 0 Å². The van der Waals surface area contributed by atoms with Crippen LogP contribution in [-0.4, -0.2) is 24.2 Å². The summed E-state index contributed by atoms with van der Waals surface area (Å²) in [5, 5.41) is 3.80. The minimum atomic E-state index is -4.02. The van der Waals surface area contributed by atoms with E-state index < -0.39 is 16.1 Å². The van der Waals surface area contributed by atoms with Crippen LogP contribution in [-0.2, 0) is 16.6 Å². The number of urea groups is 1. The normalized spacial score (nSPS) is 11.3. The fourth-order valence-corrected chi connectivity index (χ4v) is 2.11. The first-order valence-corrected chi connectivity index (χ1v) is 6.00. The van der Waals surface area contributed by atoms with Crippen molar-refractivity contribution < 1.29 is 13.2 Å². The Hall–Kier alpha value is -1.77. The first-order valence-electron chi connectivity index (χ1n) is 4.52. The first kappa shape index (κ1) is 12.3. The quantitative estimate of drug-likeness (QED) is 0.642. The second kappa shape index (κ2) is 4.39. The number of aryl methyl sites for hydroxylation is 1. The summed E-state index contributed by atoms with van der Waals surface area (Å²) in [5.74, 6) is -0.165. The molecule has 0 atom stereocenters. The number of hydrogen-bond donors (Lipinski definition) is 3. The Morgan fingerprint density at radius 1 is 1.62 bits per heavy atom. The van der Waals surface area contributed by atoms with Crippen molar-refractivity contribution >= 4 is 21.9 Å². The monoisotopic (exact) mass is 247 g/mol. The van der Waals surface area contributed by atoms with Crippen LogP contribution in [0.2, 0.25) is 0 Å². The summed E-state index contributed by atoms with van der Waals surface area (Å²) in [7, 11) is -4.02. The van der Waals surface area contributed by atoms with Gasteiger partial charge in [0.1, 0.15) is 4.90 Å². The van der Waals surface area contributed by atoms with Gasteiger partial charge in [-0.1, -0.05) is 6.92 Å². The average Bonchev–Trinajstić information content (AvgIpc) is 2.45. The van der Waals surface area contributed by atoms with Crippen LogP contribution in [0.15, 0.2) is 11.1 Å². The molecular formula is C7H13N5O3S. The number of nitrogens with two attached hydrogens (primary N) is 2. The molecule has 0 aliphatic heterocycles. The number of carbonyl (C=O) groups excluding carboxylic acids is 1. The molecule has 1 aromatic rings. The highest BCUT2D eigenvalue weighted by Gasteiger charge is 2.22. The molecule has 0 aromatic carbocycles. The van der Waals surface area contributed by atoms with E-state index in [0.29, 0.717) is 6.54 Å². The van der Waals surface area contributed by atoms with Gasteiger partial charge >= 0.3 is 6.03 Å². The third kappa shape index (κ3) is 2.63. The maximum atomic E-state index is 11.5. The van der Waals surface area contributed by atoms with Crippen LogP contribution in [0.1, 0.15) is 13.3 Å². The lowest BCUT2D eigenvalue weighted by molar-refractivity contribution is 0.253. The van der Waals surface area contributed by atoms with Crippen LogP contribution in [0, 0.1) is 0 Å². The second-order valence-corrected chi connectivity index (χ2v) is 4.76. The van der Waals surface area contributed by atoms with Gasteiger partial charge in [-0.25, -0.2) is 17.9 Å². The Bertz CT molecular complexity index is 492. The molecule has 1 aromatic heterocycles. The van der Waals surface area contributed by atoms with E-state index in [9.17, 15) is 13.2 Å². The van der Waals surface area contributed by atoms with Crippen LogP contribution in [0.5, 0.6) is 0 Å². The van der Waals surface area contributed by atoms with Crippen LogP contribution in [0.3, 0.4) is 0 Å². The molecule has 8 nitrogen and oxygen atoms in total. The molecule has 5 N–H and O–H groups in total. The molecule has 0 bridgehead atoms. The number of hydrogen-bond acceptors (Lipinski definition) is 5. The number of nitrogens with one attached hydrogen (secondary N) is 1. The number of nitrogens with zero attached hydrogens (tertiary/aromatic N) is 2. The van der Waals surface area contributed by atoms with Crippen molar-refractivity contribution in [2.75, 3.05) is 5.73 Å². The van der Waals surface area contributed by atoms with Gasteiger partial charge in [-0.2, -0.15) is 5.10 Å². The molecule has 1 rings (SSSR count). The molecular weight excluding hydrogens is 234 g/mol. The Morgan fingerprint density at radius 2 is 2.25 bits per heavy atom. The zero-order valence-electron chi connectivity index (χ0n) is 8.67. The summed E-state index contributed by atoms with van der Waals surface area (Å²) in [5.41, 5.74) is 10.2. The number of primary amides is 1. The summed E-state index contributed by atoms with van der Waals surface area (Å²) in [6.45, 7) is 2.45. The summed E-state index contributed by atoms with van der Waals surface area (Å²) < 4.78 is 26.1. The van der Waals surface area contributed by atoms with Crippen molar-refractivity contribution in [3.8, 4) is 0 Å². The number of anilines is 1. The van der Waals surface area contributed by atoms with Gasteiger partial charge in [0.2, 0.25) is 0 Å². The van der Waals surface area contributed by atoms with E-state index in [4.69, 9.17) is 11.5 Å². The summed E-state index contributed by atoms with van der Waals surface area (Å²) in [6, 6.07) is -1.16. The second-order valence-electron chi connectivity index (χ2n) is 3.11. The summed E-state index contributed by atoms with van der Waals surface area (Å²) in [6.07, 6.45) is 2.04. The van der Waals surface area contributed by atoms with Gasteiger partial charge in [0.15, 0.2) is 5.82 Å². The van der Waals surface area contributed by atoms with E-state index in [-0.39, 0.29) is 10.7 Å². The molecule has 0 aliphatic carbocycles. The predicted octanol–water partition coefficient (Wildman–Crippen LogP) is -0.768. The maximum Gasteiger partial charge on any atom is 0.326 e. The summed E-state index contributed by atoms with van der Waals surface area (Å²) >= 11 is 0. The Labute approximate surface area is 92.7 Å². The number of nitrogen functional groups attached to an aromatic ring is 1. The topological polar surface area (TPSA) is 133 Å². The van der Waals surface area contributed by atoms with E-state index >= 15 is 0 Å². The number of carbonyl (C=O) groups is 1. The number of amides is 2. The van der Waals surface area contributed by atoms with Crippen molar-refractivity contribution in [3.05, 3.63) is 6.20 Å². The molecule has 16 heavy (non-hydrogen) atoms. The largest absolute Gasteiger partial charge is 0.381 e. The van der Waals surface area contributed by atoms with Crippen molar-refractivity contribution in [1.82, 2.24) is 14.5 Å². The molecule has 2 amide bonds. The van der Waals surface area contributed by atoms with Gasteiger partial charge in [0, 0.05) is 12.7 Å². The molecule has 90 valence electrons. The van der Waals surface area contributed by atoms with Gasteiger partial charge in [0.05, 0.1) is 0 Å². The fourth-order valence-electron chi connectivity index (χ4n) is 1.16. The molecule has 0 spiro atoms. The fraction of sp³-hybridized carbons (Fsp3) is 0.429. The first-order chi connectivity index (χ1) is 7.36. The molecule has 0 saturated heterocycles. The van der Waals surface area contributed by atoms with Gasteiger partial charge in [-0.3, -0.25) is 4.68 Å². The number of sulfonamides is 1. The van der Waals surface area contributed by atoms with Gasteiger partial charge in [-0.15, -0.1) is 0 Å². The lowest BCUT2D eigenvalue weighted by Crippen LogP contribution is -2.35. The van der Waals surface area contributed by atoms with Crippen molar-refractivity contribution in [2.45, 2.75) is 24.8 Å². The van der Waals surface area contributed by atoms with Crippen LogP contribution < -0.4 is 16.2 Å². The van der Waals surface area contributed by atoms with Gasteiger partial charge in [-0.05, 0) is 6.42 Å². The van der Waals surface area contributed by atoms with E-state index in [2.05, 4.69) is 5.10 Å². The highest BCUT2D eigenvalue weighted by molar-refractivity contribution is 7.90. The highest BCUT2D eigenvalue weighted by Crippen LogP contribution is 2.15. The van der Waals surface area contributed by atoms with E-state index in [1.165, 1.54) is 10.9 Å². The third-order valence-corrected chi connectivity index (χ3v) is 3.10. The Morgan fingerprint density at radius 3 is 2.75 bits per heavy atom. The highest BCUT2D eigenvalue weighted by atomic mass is 32.2. The average molecular weight is 247 g/mol. The zero-order valence-corrected chi connectivity index (χ0v) is 9.49. The lowest BCUT2D eigenvalue weighted by atomic mass is 10.5. The maximum absolute atomic E-state index is 11.5. The van der Waals surface area contributed by atoms with Crippen LogP contribution >= 0.6 is 0 Å². The Kier molecular flexibility index (Phi) is 3.38. The summed E-state index contributed by atoms with van der Waals surface area (Å²) in [4.78, 5) is 10.2. The van der Waals surface area contributed by atoms with Gasteiger partial charge < -0.3 is 11.5 Å². The standard InChI is InChI=1S/C7H13N5O3S/c1-2-3-12-4-5(6(8)10-12)16(14,15)11-7(9)13/h4H,2-3H2,1H3,(H2,8,10)(H3,9,11,13). The zero-order chi connectivity index (χ0) is 12.3. The number of aromatic nitrogens is 2. The van der Waals surface area contributed by atoms with Crippen molar-refractivity contribution in [2.24, 2.45) is 5.73 Å². The number of rotatable bonds is 4. The molecule has 0 unspecified atom stereocenters. The van der Waals surface area contributed by atoms with Crippen molar-refractivity contribution in [3.63, 3.8) is 0 Å². The lowest BCUT2D eigenvalue weighted by Gasteiger charge is -2.01. The SMILES string of the molecule is CCCn1cc(S(=O)(=O)NC(N)=O)c(N)n1. The van der Waals surface area contributed by atoms with E-state index in [0.717, 1.165) is 6.42 Å². The van der Waals surface area contributed by atoms with E-state index in [1.807, 2.05) is 6.92 Å². The minimum Gasteiger partial charge on any atom is -0.381 e. The van der Waals surface area contributed by atoms with Gasteiger partial charge in [0.25, 0.3) is 10.0 Å². The molecule has 0 saturated carbocycles. The Balaban J connectivity index is 3.08. The molecule has 9 heteroatoms. The molecule has 0 fully saturated rings. The smallest absolute Gasteiger partial charge is 0.326 e. The van der Waals surface area contributed by atoms with Crippen LogP contribution in [0.4, 0.5) is 10.6 Å². The van der Waals surface area contributed by atoms with Crippen molar-refractivity contribution in [1.29, 1.82) is 0 Å². The molecule has 1 heterocycles.